The van der Waals surface area contributed by atoms with Gasteiger partial charge in [0.2, 0.25) is 5.75 Å². The molecule has 0 fully saturated rings. The van der Waals surface area contributed by atoms with Crippen LogP contribution in [0.25, 0.3) is 10.9 Å². The molecule has 0 saturated carbocycles. The molecule has 1 unspecified atom stereocenters. The molecule has 0 aliphatic carbocycles. The number of aromatic nitrogens is 1. The number of carbonyl (C=O) groups excluding carboxylic acids is 1. The number of nitrogens with zero attached hydrogens (tertiary/aromatic N) is 3. The first-order valence-electron chi connectivity index (χ1n) is 12.1. The van der Waals surface area contributed by atoms with Gasteiger partial charge in [0.1, 0.15) is 18.4 Å². The Morgan fingerprint density at radius 1 is 1.18 bits per heavy atom. The summed E-state index contributed by atoms with van der Waals surface area (Å²) in [5, 5.41) is 12.6. The van der Waals surface area contributed by atoms with E-state index in [9.17, 15) is 14.9 Å². The number of ether oxygens (including phenoxy) is 3. The number of carbonyl (C=O) groups is 1. The highest BCUT2D eigenvalue weighted by molar-refractivity contribution is 6.74. The van der Waals surface area contributed by atoms with Gasteiger partial charge in [-0.1, -0.05) is 20.8 Å². The summed E-state index contributed by atoms with van der Waals surface area (Å²) in [6, 6.07) is 3.36. The molecule has 0 spiro atoms. The van der Waals surface area contributed by atoms with Gasteiger partial charge in [-0.05, 0) is 35.2 Å². The molecule has 2 aromatic rings. The van der Waals surface area contributed by atoms with Crippen LogP contribution >= 0.6 is 11.6 Å². The first-order chi connectivity index (χ1) is 17.8. The predicted molar refractivity (Wildman–Crippen MR) is 148 cm³/mol. The second-order valence-corrected chi connectivity index (χ2v) is 15.5. The zero-order chi connectivity index (χ0) is 28.4. The van der Waals surface area contributed by atoms with E-state index in [4.69, 9.17) is 30.2 Å². The third-order valence-corrected chi connectivity index (χ3v) is 11.8. The van der Waals surface area contributed by atoms with E-state index in [1.54, 1.807) is 18.6 Å². The summed E-state index contributed by atoms with van der Waals surface area (Å²) >= 11 is 6.04. The first kappa shape index (κ1) is 29.6. The average molecular weight is 568 g/mol. The first-order valence-corrected chi connectivity index (χ1v) is 15.6. The summed E-state index contributed by atoms with van der Waals surface area (Å²) in [5.41, 5.74) is 0.739. The van der Waals surface area contributed by atoms with E-state index in [1.165, 1.54) is 37.3 Å². The van der Waals surface area contributed by atoms with Crippen molar-refractivity contribution in [2.24, 2.45) is 0 Å². The summed E-state index contributed by atoms with van der Waals surface area (Å²) in [6.45, 7) is 11.1. The fourth-order valence-electron chi connectivity index (χ4n) is 4.07. The van der Waals surface area contributed by atoms with Crippen molar-refractivity contribution in [3.8, 4) is 17.2 Å². The molecule has 0 bridgehead atoms. The number of hydrogen-bond donors (Lipinski definition) is 1. The lowest BCUT2D eigenvalue weighted by Gasteiger charge is -2.36. The number of halogens is 1. The third kappa shape index (κ3) is 5.57. The molecule has 1 atom stereocenters. The number of nitro groups is 1. The molecule has 1 aliphatic heterocycles. The van der Waals surface area contributed by atoms with E-state index < -0.39 is 25.3 Å². The van der Waals surface area contributed by atoms with Crippen molar-refractivity contribution < 1.29 is 28.4 Å². The molecule has 1 amide bonds. The van der Waals surface area contributed by atoms with E-state index in [0.29, 0.717) is 28.2 Å². The lowest BCUT2D eigenvalue weighted by Crippen LogP contribution is -2.47. The average Bonchev–Trinajstić information content (AvgIpc) is 3.43. The Hall–Kier alpha value is -2.96. The number of benzene rings is 1. The molecule has 11 nitrogen and oxygen atoms in total. The second kappa shape index (κ2) is 11.4. The standard InChI is InChI=1S/C25H36ClN4O7Si/c1-25(2,3)38(7,8)37-12-11-28-19(9-10-26)29(15-20(28)30(32)33)24(31)17-13-16-14-18(34-4)22(35-5)23(36-6)21(16)27-17/h9,13-15,19,27H,10-12H2,1-8H3. The minimum absolute atomic E-state index is 0.00844. The number of H-pyrrole nitrogens is 1. The topological polar surface area (TPSA) is 119 Å². The Morgan fingerprint density at radius 3 is 2.37 bits per heavy atom. The van der Waals surface area contributed by atoms with Gasteiger partial charge in [-0.2, -0.15) is 0 Å². The quantitative estimate of drug-likeness (QED) is 0.178. The predicted octanol–water partition coefficient (Wildman–Crippen LogP) is 4.82. The van der Waals surface area contributed by atoms with E-state index in [1.807, 2.05) is 0 Å². The van der Waals surface area contributed by atoms with Crippen molar-refractivity contribution in [2.45, 2.75) is 45.1 Å². The molecular formula is C25H36ClN4O7Si. The number of fused-ring (bicyclic) bond motifs is 1. The second-order valence-electron chi connectivity index (χ2n) is 10.4. The van der Waals surface area contributed by atoms with E-state index in [-0.39, 0.29) is 35.6 Å². The summed E-state index contributed by atoms with van der Waals surface area (Å²) in [5.74, 6) is 0.591. The van der Waals surface area contributed by atoms with Crippen molar-refractivity contribution in [1.29, 1.82) is 0 Å². The van der Waals surface area contributed by atoms with Crippen LogP contribution in [0.2, 0.25) is 18.1 Å². The monoisotopic (exact) mass is 567 g/mol. The van der Waals surface area contributed by atoms with Crippen molar-refractivity contribution in [3.05, 3.63) is 46.4 Å². The van der Waals surface area contributed by atoms with Crippen LogP contribution in [-0.4, -0.2) is 80.5 Å². The van der Waals surface area contributed by atoms with Gasteiger partial charge in [0.15, 0.2) is 26.0 Å². The Bertz CT molecular complexity index is 1220. The Balaban J connectivity index is 1.95. The van der Waals surface area contributed by atoms with Gasteiger partial charge in [-0.3, -0.25) is 9.69 Å². The third-order valence-electron chi connectivity index (χ3n) is 7.13. The van der Waals surface area contributed by atoms with Crippen LogP contribution in [0, 0.1) is 16.5 Å². The summed E-state index contributed by atoms with van der Waals surface area (Å²) in [6.07, 6.45) is 2.13. The number of alkyl halides is 1. The Labute approximate surface area is 228 Å². The molecule has 1 aromatic heterocycles. The maximum absolute atomic E-state index is 13.7. The van der Waals surface area contributed by atoms with Gasteiger partial charge in [0.05, 0.1) is 33.5 Å². The molecule has 38 heavy (non-hydrogen) atoms. The van der Waals surface area contributed by atoms with Gasteiger partial charge in [-0.15, -0.1) is 11.6 Å². The van der Waals surface area contributed by atoms with Crippen LogP contribution in [0.5, 0.6) is 17.2 Å². The zero-order valence-corrected chi connectivity index (χ0v) is 24.8. The number of hydrogen-bond acceptors (Lipinski definition) is 8. The lowest BCUT2D eigenvalue weighted by molar-refractivity contribution is -0.445. The van der Waals surface area contributed by atoms with Crippen molar-refractivity contribution in [2.75, 3.05) is 40.4 Å². The van der Waals surface area contributed by atoms with Gasteiger partial charge in [0.25, 0.3) is 5.91 Å². The van der Waals surface area contributed by atoms with Crippen molar-refractivity contribution in [3.63, 3.8) is 0 Å². The molecular weight excluding hydrogens is 532 g/mol. The zero-order valence-electron chi connectivity index (χ0n) is 23.1. The molecule has 0 saturated heterocycles. The summed E-state index contributed by atoms with van der Waals surface area (Å²) in [7, 11) is 2.41. The van der Waals surface area contributed by atoms with Crippen LogP contribution in [-0.2, 0) is 4.43 Å². The Kier molecular flexibility index (Phi) is 8.89. The van der Waals surface area contributed by atoms with Crippen LogP contribution in [0.1, 0.15) is 31.3 Å². The number of rotatable bonds is 11. The molecule has 3 rings (SSSR count). The Morgan fingerprint density at radius 2 is 1.84 bits per heavy atom. The largest absolute Gasteiger partial charge is 0.493 e. The highest BCUT2D eigenvalue weighted by Crippen LogP contribution is 2.43. The number of aromatic amines is 1. The van der Waals surface area contributed by atoms with Gasteiger partial charge in [0, 0.05) is 17.7 Å². The molecule has 1 aliphatic rings. The molecule has 1 aromatic carbocycles. The SMILES string of the molecule is COc1cc2cc(C(=O)N3C=C([N+](=O)[O-])N(CCO[Si](C)(C)C(C)(C)C)C3[CH]CCl)[nH]c2c(OC)c1OC. The smallest absolute Gasteiger partial charge is 0.336 e. The molecule has 1 N–H and O–H groups in total. The maximum atomic E-state index is 13.7. The van der Waals surface area contributed by atoms with E-state index in [2.05, 4.69) is 38.8 Å². The van der Waals surface area contributed by atoms with Gasteiger partial charge < -0.3 is 33.7 Å². The maximum Gasteiger partial charge on any atom is 0.336 e. The highest BCUT2D eigenvalue weighted by atomic mass is 35.5. The minimum Gasteiger partial charge on any atom is -0.493 e. The van der Waals surface area contributed by atoms with Crippen LogP contribution in [0.3, 0.4) is 0 Å². The molecule has 13 heteroatoms. The molecule has 2 heterocycles. The van der Waals surface area contributed by atoms with Crippen LogP contribution in [0.4, 0.5) is 0 Å². The number of methoxy groups -OCH3 is 3. The molecule has 209 valence electrons. The lowest BCUT2D eigenvalue weighted by atomic mass is 10.2. The normalized spacial score (nSPS) is 16.1. The van der Waals surface area contributed by atoms with E-state index in [0.717, 1.165) is 0 Å². The van der Waals surface area contributed by atoms with E-state index >= 15 is 0 Å². The fraction of sp³-hybridized carbons (Fsp3) is 0.520. The van der Waals surface area contributed by atoms with Crippen molar-refractivity contribution >= 4 is 36.7 Å². The van der Waals surface area contributed by atoms with Crippen LogP contribution < -0.4 is 14.2 Å². The molecule has 1 radical (unpaired) electrons. The van der Waals surface area contributed by atoms with Crippen molar-refractivity contribution in [1.82, 2.24) is 14.8 Å². The van der Waals surface area contributed by atoms with Gasteiger partial charge in [-0.25, -0.2) is 4.90 Å². The highest BCUT2D eigenvalue weighted by Gasteiger charge is 2.45. The van der Waals surface area contributed by atoms with Gasteiger partial charge >= 0.3 is 5.82 Å². The van der Waals surface area contributed by atoms with Crippen LogP contribution in [0.15, 0.2) is 24.2 Å². The minimum atomic E-state index is -2.07. The summed E-state index contributed by atoms with van der Waals surface area (Å²) < 4.78 is 22.6. The number of amides is 1. The summed E-state index contributed by atoms with van der Waals surface area (Å²) in [4.78, 5) is 31.1. The fourth-order valence-corrected chi connectivity index (χ4v) is 5.27. The number of nitrogens with one attached hydrogen (secondary N) is 1.